The highest BCUT2D eigenvalue weighted by atomic mass is 19.1. The molecule has 1 fully saturated rings. The summed E-state index contributed by atoms with van der Waals surface area (Å²) in [4.78, 5) is 4.93. The Balaban J connectivity index is 1.70. The molecule has 0 aliphatic carbocycles. The van der Waals surface area contributed by atoms with Gasteiger partial charge in [-0.3, -0.25) is 4.99 Å². The second kappa shape index (κ2) is 6.84. The molecule has 4 rings (SSSR count). The number of hydrogen-bond acceptors (Lipinski definition) is 2. The van der Waals surface area contributed by atoms with E-state index >= 15 is 0 Å². The normalized spacial score (nSPS) is 20.0. The van der Waals surface area contributed by atoms with Crippen molar-refractivity contribution < 1.29 is 4.39 Å². The van der Waals surface area contributed by atoms with Crippen LogP contribution in [0.15, 0.2) is 41.4 Å². The molecule has 0 unspecified atom stereocenters. The summed E-state index contributed by atoms with van der Waals surface area (Å²) in [7, 11) is 0. The number of nitrogens with zero attached hydrogens (tertiary/aromatic N) is 1. The zero-order chi connectivity index (χ0) is 18.1. The van der Waals surface area contributed by atoms with E-state index in [0.717, 1.165) is 43.8 Å². The summed E-state index contributed by atoms with van der Waals surface area (Å²) in [5.74, 6) is 0.867. The molecule has 1 saturated heterocycles. The van der Waals surface area contributed by atoms with Crippen LogP contribution in [-0.2, 0) is 13.0 Å². The van der Waals surface area contributed by atoms with E-state index in [2.05, 4.69) is 36.6 Å². The fraction of sp³-hybridized carbons (Fsp3) is 0.409. The van der Waals surface area contributed by atoms with Gasteiger partial charge in [0.1, 0.15) is 11.7 Å². The SMILES string of the molecule is Cc1cc2c(cc1C)NC(=NCc1cccc(F)c1)C1(CCNCC1)C2. The lowest BCUT2D eigenvalue weighted by Crippen LogP contribution is -2.48. The fourth-order valence-corrected chi connectivity index (χ4v) is 4.18. The number of fused-ring (bicyclic) bond motifs is 1. The Hall–Kier alpha value is -2.20. The van der Waals surface area contributed by atoms with Gasteiger partial charge in [0.2, 0.25) is 0 Å². The largest absolute Gasteiger partial charge is 0.343 e. The van der Waals surface area contributed by atoms with Crippen molar-refractivity contribution >= 4 is 11.5 Å². The molecular weight excluding hydrogens is 325 g/mol. The summed E-state index contributed by atoms with van der Waals surface area (Å²) in [6, 6.07) is 11.3. The number of anilines is 1. The maximum atomic E-state index is 13.5. The number of nitrogens with one attached hydrogen (secondary N) is 2. The predicted octanol–water partition coefficient (Wildman–Crippen LogP) is 4.38. The van der Waals surface area contributed by atoms with E-state index in [-0.39, 0.29) is 11.2 Å². The molecule has 2 aliphatic heterocycles. The lowest BCUT2D eigenvalue weighted by atomic mass is 9.70. The van der Waals surface area contributed by atoms with E-state index in [1.54, 1.807) is 12.1 Å². The maximum Gasteiger partial charge on any atom is 0.123 e. The Morgan fingerprint density at radius 2 is 1.85 bits per heavy atom. The molecular formula is C22H26FN3. The predicted molar refractivity (Wildman–Crippen MR) is 105 cm³/mol. The second-order valence-corrected chi connectivity index (χ2v) is 7.72. The topological polar surface area (TPSA) is 36.4 Å². The molecule has 0 bridgehead atoms. The summed E-state index contributed by atoms with van der Waals surface area (Å²) >= 11 is 0. The van der Waals surface area contributed by atoms with Crippen LogP contribution in [0.5, 0.6) is 0 Å². The first-order valence-electron chi connectivity index (χ1n) is 9.43. The molecule has 4 heteroatoms. The Bertz CT molecular complexity index is 850. The molecule has 26 heavy (non-hydrogen) atoms. The second-order valence-electron chi connectivity index (χ2n) is 7.72. The van der Waals surface area contributed by atoms with Crippen LogP contribution in [0.2, 0.25) is 0 Å². The molecule has 3 nitrogen and oxygen atoms in total. The Morgan fingerprint density at radius 3 is 2.62 bits per heavy atom. The highest BCUT2D eigenvalue weighted by molar-refractivity contribution is 6.02. The van der Waals surface area contributed by atoms with Crippen LogP contribution in [-0.4, -0.2) is 18.9 Å². The van der Waals surface area contributed by atoms with Crippen LogP contribution in [0.1, 0.15) is 35.1 Å². The minimum absolute atomic E-state index is 0.0628. The van der Waals surface area contributed by atoms with Gasteiger partial charge in [-0.1, -0.05) is 18.2 Å². The van der Waals surface area contributed by atoms with Crippen molar-refractivity contribution in [2.45, 2.75) is 39.7 Å². The molecule has 0 radical (unpaired) electrons. The highest BCUT2D eigenvalue weighted by Gasteiger charge is 2.41. The monoisotopic (exact) mass is 351 g/mol. The molecule has 2 aliphatic rings. The molecule has 0 amide bonds. The third-order valence-corrected chi connectivity index (χ3v) is 5.87. The van der Waals surface area contributed by atoms with Gasteiger partial charge in [-0.25, -0.2) is 4.39 Å². The van der Waals surface area contributed by atoms with Gasteiger partial charge >= 0.3 is 0 Å². The maximum absolute atomic E-state index is 13.5. The van der Waals surface area contributed by atoms with Gasteiger partial charge in [-0.15, -0.1) is 0 Å². The molecule has 0 saturated carbocycles. The third kappa shape index (κ3) is 3.26. The zero-order valence-electron chi connectivity index (χ0n) is 15.5. The smallest absolute Gasteiger partial charge is 0.123 e. The zero-order valence-corrected chi connectivity index (χ0v) is 15.5. The Kier molecular flexibility index (Phi) is 4.53. The summed E-state index contributed by atoms with van der Waals surface area (Å²) in [5.41, 5.74) is 6.17. The van der Waals surface area contributed by atoms with Crippen molar-refractivity contribution in [3.05, 3.63) is 64.5 Å². The van der Waals surface area contributed by atoms with Crippen LogP contribution >= 0.6 is 0 Å². The van der Waals surface area contributed by atoms with E-state index in [9.17, 15) is 4.39 Å². The van der Waals surface area contributed by atoms with Crippen molar-refractivity contribution in [2.75, 3.05) is 18.4 Å². The molecule has 2 aromatic rings. The molecule has 2 N–H and O–H groups in total. The summed E-state index contributed by atoms with van der Waals surface area (Å²) in [6.45, 7) is 6.87. The van der Waals surface area contributed by atoms with Crippen LogP contribution in [0.4, 0.5) is 10.1 Å². The molecule has 0 aromatic heterocycles. The van der Waals surface area contributed by atoms with E-state index in [1.807, 2.05) is 6.07 Å². The number of aliphatic imine (C=N–C) groups is 1. The number of aryl methyl sites for hydroxylation is 2. The fourth-order valence-electron chi connectivity index (χ4n) is 4.18. The first-order chi connectivity index (χ1) is 12.6. The van der Waals surface area contributed by atoms with E-state index in [0.29, 0.717) is 6.54 Å². The average Bonchev–Trinajstić information content (AvgIpc) is 2.62. The van der Waals surface area contributed by atoms with Crippen molar-refractivity contribution in [3.8, 4) is 0 Å². The summed E-state index contributed by atoms with van der Waals surface area (Å²) in [5, 5.41) is 7.11. The van der Waals surface area contributed by atoms with Crippen LogP contribution in [0, 0.1) is 25.1 Å². The van der Waals surface area contributed by atoms with Gasteiger partial charge < -0.3 is 10.6 Å². The van der Waals surface area contributed by atoms with Crippen molar-refractivity contribution in [1.82, 2.24) is 5.32 Å². The summed E-state index contributed by atoms with van der Waals surface area (Å²) in [6.07, 6.45) is 3.18. The number of piperidine rings is 1. The molecule has 1 spiro atoms. The van der Waals surface area contributed by atoms with Gasteiger partial charge in [0.15, 0.2) is 0 Å². The number of halogens is 1. The molecule has 2 aromatic carbocycles. The minimum atomic E-state index is -0.202. The number of amidine groups is 1. The number of hydrogen-bond donors (Lipinski definition) is 2. The first kappa shape index (κ1) is 17.2. The molecule has 136 valence electrons. The highest BCUT2D eigenvalue weighted by Crippen LogP contribution is 2.41. The molecule has 0 atom stereocenters. The van der Waals surface area contributed by atoms with Crippen molar-refractivity contribution in [2.24, 2.45) is 10.4 Å². The number of benzene rings is 2. The lowest BCUT2D eigenvalue weighted by molar-refractivity contribution is 0.293. The van der Waals surface area contributed by atoms with E-state index < -0.39 is 0 Å². The number of rotatable bonds is 2. The van der Waals surface area contributed by atoms with Crippen LogP contribution < -0.4 is 10.6 Å². The third-order valence-electron chi connectivity index (χ3n) is 5.87. The minimum Gasteiger partial charge on any atom is -0.343 e. The van der Waals surface area contributed by atoms with Gasteiger partial charge in [0.25, 0.3) is 0 Å². The average molecular weight is 351 g/mol. The molecule has 2 heterocycles. The van der Waals surface area contributed by atoms with Gasteiger partial charge in [0, 0.05) is 11.1 Å². The van der Waals surface area contributed by atoms with Crippen LogP contribution in [0.25, 0.3) is 0 Å². The van der Waals surface area contributed by atoms with Crippen molar-refractivity contribution in [1.29, 1.82) is 0 Å². The van der Waals surface area contributed by atoms with E-state index in [1.165, 1.54) is 28.4 Å². The quantitative estimate of drug-likeness (QED) is 0.842. The van der Waals surface area contributed by atoms with Gasteiger partial charge in [0.05, 0.1) is 6.54 Å². The van der Waals surface area contributed by atoms with E-state index in [4.69, 9.17) is 4.99 Å². The first-order valence-corrected chi connectivity index (χ1v) is 9.43. The van der Waals surface area contributed by atoms with Gasteiger partial charge in [-0.05, 0) is 86.7 Å². The standard InChI is InChI=1S/C22H26FN3/c1-15-10-18-13-22(6-8-24-9-7-22)21(26-20(18)11-16(15)2)25-14-17-4-3-5-19(23)12-17/h3-5,10-12,24H,6-9,13-14H2,1-2H3,(H,25,26). The lowest BCUT2D eigenvalue weighted by Gasteiger charge is -2.43. The summed E-state index contributed by atoms with van der Waals surface area (Å²) < 4.78 is 13.5. The van der Waals surface area contributed by atoms with Crippen LogP contribution in [0.3, 0.4) is 0 Å². The Labute approximate surface area is 154 Å². The van der Waals surface area contributed by atoms with Gasteiger partial charge in [-0.2, -0.15) is 0 Å². The Morgan fingerprint density at radius 1 is 1.08 bits per heavy atom. The van der Waals surface area contributed by atoms with Crippen molar-refractivity contribution in [3.63, 3.8) is 0 Å².